The molecule has 10 rings (SSSR count). The topological polar surface area (TPSA) is 185 Å². The second kappa shape index (κ2) is 21.1. The second-order valence-corrected chi connectivity index (χ2v) is 17.5. The zero-order valence-electron chi connectivity index (χ0n) is 36.9. The molecule has 8 aromatic rings. The van der Waals surface area contributed by atoms with Gasteiger partial charge in [-0.2, -0.15) is 46.7 Å². The van der Waals surface area contributed by atoms with E-state index < -0.39 is 31.1 Å². The fourth-order valence-corrected chi connectivity index (χ4v) is 8.22. The number of fused-ring (bicyclic) bond motifs is 2. The average Bonchev–Trinajstić information content (AvgIpc) is 4.25. The third-order valence-corrected chi connectivity index (χ3v) is 11.9. The van der Waals surface area contributed by atoms with Gasteiger partial charge in [0.05, 0.1) is 64.6 Å². The van der Waals surface area contributed by atoms with E-state index in [9.17, 15) is 45.5 Å². The number of aromatic amines is 2. The van der Waals surface area contributed by atoms with Gasteiger partial charge in [0, 0.05) is 57.5 Å². The molecule has 2 fully saturated rings. The molecule has 0 spiro atoms. The van der Waals surface area contributed by atoms with Crippen molar-refractivity contribution in [2.45, 2.75) is 63.5 Å². The highest BCUT2D eigenvalue weighted by atomic mass is 79.9. The lowest BCUT2D eigenvalue weighted by molar-refractivity contribution is -0.137. The Balaban J connectivity index is 0.000000166. The van der Waals surface area contributed by atoms with Gasteiger partial charge in [0.2, 0.25) is 0 Å². The second-order valence-electron chi connectivity index (χ2n) is 16.7. The summed E-state index contributed by atoms with van der Waals surface area (Å²) in [6, 6.07) is 29.5. The number of H-pyrrole nitrogens is 2. The van der Waals surface area contributed by atoms with Crippen molar-refractivity contribution in [1.82, 2.24) is 40.0 Å². The predicted molar refractivity (Wildman–Crippen MR) is 256 cm³/mol. The van der Waals surface area contributed by atoms with Crippen LogP contribution in [0.2, 0.25) is 0 Å². The van der Waals surface area contributed by atoms with Crippen LogP contribution in [0.5, 0.6) is 0 Å². The van der Waals surface area contributed by atoms with Gasteiger partial charge in [0.1, 0.15) is 0 Å². The first kappa shape index (κ1) is 49.0. The van der Waals surface area contributed by atoms with Crippen molar-refractivity contribution in [2.24, 2.45) is 11.8 Å². The molecular formula is C49H43BrF6N10O4. The molecule has 70 heavy (non-hydrogen) atoms. The first-order chi connectivity index (χ1) is 33.5. The third-order valence-electron chi connectivity index (χ3n) is 11.5. The molecule has 0 atom stereocenters. The molecule has 2 aliphatic rings. The molecule has 2 amide bonds. The summed E-state index contributed by atoms with van der Waals surface area (Å²) < 4.78 is 72.9. The number of aromatic nitrogens is 8. The van der Waals surface area contributed by atoms with Crippen LogP contribution in [0, 0.1) is 11.8 Å². The Morgan fingerprint density at radius 2 is 1.21 bits per heavy atom. The highest BCUT2D eigenvalue weighted by Crippen LogP contribution is 2.51. The molecule has 21 heteroatoms. The van der Waals surface area contributed by atoms with Gasteiger partial charge in [-0.15, -0.1) is 0 Å². The van der Waals surface area contributed by atoms with Crippen molar-refractivity contribution in [3.05, 3.63) is 154 Å². The number of anilines is 2. The van der Waals surface area contributed by atoms with E-state index in [-0.39, 0.29) is 40.5 Å². The average molecular weight is 1030 g/mol. The number of halogens is 7. The molecular weight excluding hydrogens is 986 g/mol. The van der Waals surface area contributed by atoms with Crippen molar-refractivity contribution in [1.29, 1.82) is 0 Å². The maximum atomic E-state index is 13.4. The minimum absolute atomic E-state index is 0.00347. The van der Waals surface area contributed by atoms with E-state index in [1.807, 2.05) is 54.6 Å². The first-order valence-electron chi connectivity index (χ1n) is 22.1. The molecule has 4 aromatic carbocycles. The molecule has 0 saturated heterocycles. The summed E-state index contributed by atoms with van der Waals surface area (Å²) in [5, 5.41) is 30.1. The summed E-state index contributed by atoms with van der Waals surface area (Å²) in [5.74, 6) is 0.434. The van der Waals surface area contributed by atoms with E-state index in [1.165, 1.54) is 44.3 Å². The molecule has 2 aliphatic carbocycles. The molecule has 0 bridgehead atoms. The Kier molecular flexibility index (Phi) is 14.8. The Morgan fingerprint density at radius 3 is 1.73 bits per heavy atom. The fraction of sp³-hybridized carbons (Fsp3) is 0.265. The van der Waals surface area contributed by atoms with Crippen LogP contribution in [0.1, 0.15) is 65.3 Å². The number of hydrogen-bond donors (Lipinski definition) is 4. The summed E-state index contributed by atoms with van der Waals surface area (Å²) in [6.07, 6.45) is 0.208. The number of carbonyl (C=O) groups is 2. The number of alkyl halides is 7. The molecule has 4 heterocycles. The number of carbonyl (C=O) groups excluding carboxylic acids is 2. The Labute approximate surface area is 402 Å². The first-order valence-corrected chi connectivity index (χ1v) is 23.2. The molecule has 0 aliphatic heterocycles. The number of aryl methyl sites for hydroxylation is 1. The van der Waals surface area contributed by atoms with Crippen LogP contribution in [0.25, 0.3) is 44.1 Å². The zero-order chi connectivity index (χ0) is 49.6. The van der Waals surface area contributed by atoms with E-state index >= 15 is 0 Å². The molecule has 0 unspecified atom stereocenters. The highest BCUT2D eigenvalue weighted by molar-refractivity contribution is 9.09. The molecule has 4 aromatic heterocycles. The van der Waals surface area contributed by atoms with Crippen molar-refractivity contribution in [3.8, 4) is 22.5 Å². The number of amides is 2. The smallest absolute Gasteiger partial charge is 0.322 e. The third kappa shape index (κ3) is 12.4. The van der Waals surface area contributed by atoms with E-state index in [0.717, 1.165) is 26.9 Å². The van der Waals surface area contributed by atoms with Gasteiger partial charge in [0.25, 0.3) is 22.9 Å². The summed E-state index contributed by atoms with van der Waals surface area (Å²) >= 11 is 2.67. The molecule has 14 nitrogen and oxygen atoms in total. The van der Waals surface area contributed by atoms with Gasteiger partial charge in [-0.1, -0.05) is 76.6 Å². The fourth-order valence-electron chi connectivity index (χ4n) is 7.77. The number of hydrogen-bond acceptors (Lipinski definition) is 8. The van der Waals surface area contributed by atoms with Crippen LogP contribution in [0.3, 0.4) is 0 Å². The van der Waals surface area contributed by atoms with Gasteiger partial charge >= 0.3 is 12.4 Å². The van der Waals surface area contributed by atoms with E-state index in [4.69, 9.17) is 5.10 Å². The SMILES string of the molecule is FC(F)(F)CCBr.O=C(Nc1ccc(-c2n[nH]c(=O)c3ccccc23)cc1)c1cnn(CCC(F)(F)F)c1.O=C(Nc1ccc(-c2nn(C(C3CC3)C3CC3)c(=O)c3ccccc23)cc1)c1cn[nH]c1. The minimum atomic E-state index is -4.29. The Hall–Kier alpha value is -7.42. The lowest BCUT2D eigenvalue weighted by atomic mass is 10.0. The monoisotopic (exact) mass is 1030 g/mol. The lowest BCUT2D eigenvalue weighted by Gasteiger charge is -2.20. The number of nitrogens with zero attached hydrogens (tertiary/aromatic N) is 6. The largest absolute Gasteiger partial charge is 0.390 e. The number of rotatable bonds is 12. The summed E-state index contributed by atoms with van der Waals surface area (Å²) in [5.41, 5.74) is 4.60. The van der Waals surface area contributed by atoms with Crippen LogP contribution in [-0.4, -0.2) is 69.5 Å². The van der Waals surface area contributed by atoms with Crippen molar-refractivity contribution < 1.29 is 35.9 Å². The van der Waals surface area contributed by atoms with E-state index in [0.29, 0.717) is 50.6 Å². The lowest BCUT2D eigenvalue weighted by Crippen LogP contribution is -2.30. The molecule has 4 N–H and O–H groups in total. The standard InChI is InChI=1S/C25H23N5O2.C21H16F3N5O2.C3H4BrF3/c31-24(18-13-26-27-14-18)28-19-11-9-15(10-12-19)22-20-3-1-2-4-21(20)25(32)30(29-22)23(16-5-6-16)17-7-8-17;22-21(23,24)9-10-29-12-14(11-25-29)19(30)26-15-7-5-13(6-8-15)18-16-3-1-2-4-17(16)20(31)28-27-18;4-2-1-3(5,6)7/h1-4,9-14,16-17,23H,5-8H2,(H,26,27)(H,28,31);1-8,11-12H,9-10H2,(H,26,30)(H,28,31);1-2H2. The predicted octanol–water partition coefficient (Wildman–Crippen LogP) is 10.7. The van der Waals surface area contributed by atoms with Gasteiger partial charge in [-0.3, -0.25) is 29.0 Å². The van der Waals surface area contributed by atoms with Crippen LogP contribution < -0.4 is 21.8 Å². The van der Waals surface area contributed by atoms with Crippen LogP contribution >= 0.6 is 15.9 Å². The van der Waals surface area contributed by atoms with Crippen LogP contribution in [0.4, 0.5) is 37.7 Å². The maximum absolute atomic E-state index is 13.4. The molecule has 2 saturated carbocycles. The molecule has 362 valence electrons. The maximum Gasteiger partial charge on any atom is 0.390 e. The van der Waals surface area contributed by atoms with E-state index in [1.54, 1.807) is 53.3 Å². The highest BCUT2D eigenvalue weighted by Gasteiger charge is 2.44. The Bertz CT molecular complexity index is 3210. The summed E-state index contributed by atoms with van der Waals surface area (Å²) in [6.45, 7) is -0.356. The van der Waals surface area contributed by atoms with Gasteiger partial charge in [-0.25, -0.2) is 9.78 Å². The van der Waals surface area contributed by atoms with Crippen LogP contribution in [0.15, 0.2) is 131 Å². The zero-order valence-corrected chi connectivity index (χ0v) is 38.5. The molecule has 0 radical (unpaired) electrons. The van der Waals surface area contributed by atoms with Gasteiger partial charge in [0.15, 0.2) is 0 Å². The quantitative estimate of drug-likeness (QED) is 0.0688. The van der Waals surface area contributed by atoms with Crippen molar-refractivity contribution in [3.63, 3.8) is 0 Å². The van der Waals surface area contributed by atoms with E-state index in [2.05, 4.69) is 52.1 Å². The Morgan fingerprint density at radius 1 is 0.686 bits per heavy atom. The number of nitrogens with one attached hydrogen (secondary N) is 4. The van der Waals surface area contributed by atoms with Crippen LogP contribution in [-0.2, 0) is 6.54 Å². The summed E-state index contributed by atoms with van der Waals surface area (Å²) in [7, 11) is 0. The summed E-state index contributed by atoms with van der Waals surface area (Å²) in [4.78, 5) is 49.9. The van der Waals surface area contributed by atoms with Gasteiger partial charge < -0.3 is 10.6 Å². The normalized spacial score (nSPS) is 13.6. The number of benzene rings is 4. The van der Waals surface area contributed by atoms with Gasteiger partial charge in [-0.05, 0) is 73.9 Å². The van der Waals surface area contributed by atoms with Crippen molar-refractivity contribution >= 4 is 60.7 Å². The van der Waals surface area contributed by atoms with Crippen molar-refractivity contribution in [2.75, 3.05) is 16.0 Å². The minimum Gasteiger partial charge on any atom is -0.322 e.